The Labute approximate surface area is 147 Å². The molecule has 6 rings (SSSR count). The summed E-state index contributed by atoms with van der Waals surface area (Å²) in [6.07, 6.45) is 0. The molecule has 2 heteroatoms. The first kappa shape index (κ1) is 14.0. The van der Waals surface area contributed by atoms with Crippen LogP contribution in [0.4, 0.5) is 8.78 Å². The van der Waals surface area contributed by atoms with E-state index in [1.54, 1.807) is 12.1 Å². The van der Waals surface area contributed by atoms with Gasteiger partial charge in [0.2, 0.25) is 0 Å². The third-order valence-electron chi connectivity index (χ3n) is 5.46. The molecule has 0 aliphatic heterocycles. The summed E-state index contributed by atoms with van der Waals surface area (Å²) >= 11 is 0. The molecule has 0 amide bonds. The molecule has 26 heavy (non-hydrogen) atoms. The topological polar surface area (TPSA) is 0 Å². The second-order valence-electron chi connectivity index (χ2n) is 6.91. The van der Waals surface area contributed by atoms with Crippen LogP contribution >= 0.6 is 0 Å². The van der Waals surface area contributed by atoms with Gasteiger partial charge in [0.1, 0.15) is 11.6 Å². The van der Waals surface area contributed by atoms with Crippen molar-refractivity contribution in [3.63, 3.8) is 0 Å². The van der Waals surface area contributed by atoms with Gasteiger partial charge in [-0.3, -0.25) is 0 Å². The Hall–Kier alpha value is -3.26. The monoisotopic (exact) mass is 338 g/mol. The standard InChI is InChI=1S/C24H12F2/c25-17-5-6-19-16(11-17)10-15-2-1-14-9-13-3-4-18(26)12-22(13)21-8-7-20(19)23(15)24(14)21/h1-12H. The zero-order valence-corrected chi connectivity index (χ0v) is 13.7. The summed E-state index contributed by atoms with van der Waals surface area (Å²) in [5, 5.41) is 10.6. The van der Waals surface area contributed by atoms with Gasteiger partial charge < -0.3 is 0 Å². The van der Waals surface area contributed by atoms with Crippen LogP contribution in [0.2, 0.25) is 0 Å². The number of hydrogen-bond acceptors (Lipinski definition) is 0. The third-order valence-corrected chi connectivity index (χ3v) is 5.46. The normalized spacial score (nSPS) is 12.2. The van der Waals surface area contributed by atoms with E-state index in [9.17, 15) is 8.78 Å². The Morgan fingerprint density at radius 1 is 0.385 bits per heavy atom. The highest BCUT2D eigenvalue weighted by atomic mass is 19.1. The molecule has 0 N–H and O–H groups in total. The van der Waals surface area contributed by atoms with Gasteiger partial charge in [0, 0.05) is 0 Å². The molecule has 0 spiro atoms. The van der Waals surface area contributed by atoms with Crippen molar-refractivity contribution < 1.29 is 8.78 Å². The molecular formula is C24H12F2. The van der Waals surface area contributed by atoms with Crippen LogP contribution in [0.5, 0.6) is 0 Å². The highest BCUT2D eigenvalue weighted by Crippen LogP contribution is 2.41. The lowest BCUT2D eigenvalue weighted by Gasteiger charge is -2.15. The fraction of sp³-hybridized carbons (Fsp3) is 0. The van der Waals surface area contributed by atoms with Crippen LogP contribution in [0.15, 0.2) is 72.8 Å². The molecule has 0 aliphatic rings. The Balaban J connectivity index is 1.94. The van der Waals surface area contributed by atoms with Crippen LogP contribution in [-0.2, 0) is 0 Å². The molecule has 122 valence electrons. The minimum absolute atomic E-state index is 0.228. The van der Waals surface area contributed by atoms with Gasteiger partial charge in [-0.25, -0.2) is 8.78 Å². The van der Waals surface area contributed by atoms with Crippen molar-refractivity contribution in [2.75, 3.05) is 0 Å². The number of fused-ring (bicyclic) bond motifs is 4. The quantitative estimate of drug-likeness (QED) is 0.203. The highest BCUT2D eigenvalue weighted by molar-refractivity contribution is 6.32. The molecule has 0 nitrogen and oxygen atoms in total. The summed E-state index contributed by atoms with van der Waals surface area (Å²) in [4.78, 5) is 0. The molecule has 6 aromatic rings. The van der Waals surface area contributed by atoms with Crippen molar-refractivity contribution in [1.82, 2.24) is 0 Å². The van der Waals surface area contributed by atoms with E-state index in [2.05, 4.69) is 30.3 Å². The number of rotatable bonds is 0. The minimum Gasteiger partial charge on any atom is -0.207 e. The molecule has 0 unspecified atom stereocenters. The van der Waals surface area contributed by atoms with Crippen LogP contribution in [0, 0.1) is 11.6 Å². The smallest absolute Gasteiger partial charge is 0.123 e. The van der Waals surface area contributed by atoms with Crippen molar-refractivity contribution >= 4 is 53.9 Å². The van der Waals surface area contributed by atoms with Crippen LogP contribution in [-0.4, -0.2) is 0 Å². The number of halogens is 2. The predicted molar refractivity (Wildman–Crippen MR) is 105 cm³/mol. The van der Waals surface area contributed by atoms with Crippen LogP contribution in [0.3, 0.4) is 0 Å². The third kappa shape index (κ3) is 1.71. The second-order valence-corrected chi connectivity index (χ2v) is 6.91. The molecule has 0 bridgehead atoms. The Bertz CT molecular complexity index is 1500. The lowest BCUT2D eigenvalue weighted by atomic mass is 9.89. The van der Waals surface area contributed by atoms with Crippen molar-refractivity contribution in [3.8, 4) is 0 Å². The van der Waals surface area contributed by atoms with E-state index >= 15 is 0 Å². The number of benzene rings is 6. The van der Waals surface area contributed by atoms with E-state index in [1.807, 2.05) is 18.2 Å². The molecule has 0 aromatic heterocycles. The van der Waals surface area contributed by atoms with Crippen LogP contribution < -0.4 is 0 Å². The van der Waals surface area contributed by atoms with E-state index in [0.717, 1.165) is 53.9 Å². The zero-order valence-electron chi connectivity index (χ0n) is 13.7. The maximum atomic E-state index is 13.9. The lowest BCUT2D eigenvalue weighted by molar-refractivity contribution is 0.629. The molecular weight excluding hydrogens is 326 g/mol. The Morgan fingerprint density at radius 3 is 1.69 bits per heavy atom. The van der Waals surface area contributed by atoms with Gasteiger partial charge >= 0.3 is 0 Å². The van der Waals surface area contributed by atoms with E-state index in [-0.39, 0.29) is 11.6 Å². The second kappa shape index (κ2) is 4.67. The van der Waals surface area contributed by atoms with Crippen LogP contribution in [0.25, 0.3) is 53.9 Å². The molecule has 0 radical (unpaired) electrons. The first-order valence-electron chi connectivity index (χ1n) is 8.58. The van der Waals surface area contributed by atoms with Gasteiger partial charge in [-0.2, -0.15) is 0 Å². The predicted octanol–water partition coefficient (Wildman–Crippen LogP) is 7.17. The van der Waals surface area contributed by atoms with E-state index in [1.165, 1.54) is 12.1 Å². The maximum Gasteiger partial charge on any atom is 0.123 e. The van der Waals surface area contributed by atoms with E-state index < -0.39 is 0 Å². The average molecular weight is 338 g/mol. The largest absolute Gasteiger partial charge is 0.207 e. The van der Waals surface area contributed by atoms with Crippen molar-refractivity contribution in [3.05, 3.63) is 84.4 Å². The molecule has 0 fully saturated rings. The summed E-state index contributed by atoms with van der Waals surface area (Å²) in [7, 11) is 0. The molecule has 6 aromatic carbocycles. The van der Waals surface area contributed by atoms with E-state index in [0.29, 0.717) is 0 Å². The first-order chi connectivity index (χ1) is 12.7. The molecule has 0 aliphatic carbocycles. The maximum absolute atomic E-state index is 13.9. The fourth-order valence-electron chi connectivity index (χ4n) is 4.36. The molecule has 0 saturated heterocycles. The highest BCUT2D eigenvalue weighted by Gasteiger charge is 2.13. The molecule has 0 heterocycles. The summed E-state index contributed by atoms with van der Waals surface area (Å²) < 4.78 is 27.6. The summed E-state index contributed by atoms with van der Waals surface area (Å²) in [6, 6.07) is 22.3. The lowest BCUT2D eigenvalue weighted by Crippen LogP contribution is -1.88. The van der Waals surface area contributed by atoms with Gasteiger partial charge in [-0.15, -0.1) is 0 Å². The molecule has 0 atom stereocenters. The van der Waals surface area contributed by atoms with Gasteiger partial charge in [0.15, 0.2) is 0 Å². The summed E-state index contributed by atoms with van der Waals surface area (Å²) in [6.45, 7) is 0. The van der Waals surface area contributed by atoms with Gasteiger partial charge in [0.25, 0.3) is 0 Å². The van der Waals surface area contributed by atoms with Crippen LogP contribution in [0.1, 0.15) is 0 Å². The van der Waals surface area contributed by atoms with E-state index in [4.69, 9.17) is 0 Å². The van der Waals surface area contributed by atoms with Crippen molar-refractivity contribution in [2.45, 2.75) is 0 Å². The first-order valence-corrected chi connectivity index (χ1v) is 8.58. The number of hydrogen-bond donors (Lipinski definition) is 0. The summed E-state index contributed by atoms with van der Waals surface area (Å²) in [5.74, 6) is -0.458. The summed E-state index contributed by atoms with van der Waals surface area (Å²) in [5.41, 5.74) is 0. The minimum atomic E-state index is -0.230. The van der Waals surface area contributed by atoms with Gasteiger partial charge in [-0.1, -0.05) is 36.4 Å². The molecule has 0 saturated carbocycles. The van der Waals surface area contributed by atoms with Gasteiger partial charge in [-0.05, 0) is 90.3 Å². The fourth-order valence-corrected chi connectivity index (χ4v) is 4.36. The van der Waals surface area contributed by atoms with Crippen molar-refractivity contribution in [2.24, 2.45) is 0 Å². The average Bonchev–Trinajstić information content (AvgIpc) is 2.65. The Kier molecular flexibility index (Phi) is 2.51. The van der Waals surface area contributed by atoms with Gasteiger partial charge in [0.05, 0.1) is 0 Å². The SMILES string of the molecule is Fc1ccc2c(c1)cc1ccc3cc4ccc(F)cc4c4ccc2c1c34. The zero-order chi connectivity index (χ0) is 17.4. The Morgan fingerprint density at radius 2 is 0.923 bits per heavy atom. The van der Waals surface area contributed by atoms with Crippen molar-refractivity contribution in [1.29, 1.82) is 0 Å².